The molecule has 0 saturated heterocycles. The number of hydrogen-bond acceptors (Lipinski definition) is 8. The van der Waals surface area contributed by atoms with Crippen LogP contribution in [0.3, 0.4) is 0 Å². The van der Waals surface area contributed by atoms with Crippen LogP contribution in [0.15, 0.2) is 61.8 Å². The van der Waals surface area contributed by atoms with Crippen molar-refractivity contribution in [3.8, 4) is 0 Å². The minimum Gasteiger partial charge on any atom is -0.308 e. The smallest absolute Gasteiger partial charge is 0.178 e. The van der Waals surface area contributed by atoms with Crippen LogP contribution >= 0.6 is 0 Å². The van der Waals surface area contributed by atoms with Crippen molar-refractivity contribution < 1.29 is 0 Å². The van der Waals surface area contributed by atoms with Crippen LogP contribution in [-0.2, 0) is 19.6 Å². The van der Waals surface area contributed by atoms with Crippen molar-refractivity contribution in [2.45, 2.75) is 51.9 Å². The molecule has 0 radical (unpaired) electrons. The van der Waals surface area contributed by atoms with E-state index in [1.807, 2.05) is 44.2 Å². The van der Waals surface area contributed by atoms with E-state index in [0.29, 0.717) is 47.7 Å². The Balaban J connectivity index is 2.06. The van der Waals surface area contributed by atoms with E-state index in [4.69, 9.17) is 27.3 Å². The lowest BCUT2D eigenvalue weighted by Gasteiger charge is -2.43. The number of azo groups is 1. The van der Waals surface area contributed by atoms with Crippen LogP contribution in [0.25, 0.3) is 20.9 Å². The van der Waals surface area contributed by atoms with E-state index in [9.17, 15) is 0 Å². The Bertz CT molecular complexity index is 1210. The van der Waals surface area contributed by atoms with Gasteiger partial charge in [-0.25, -0.2) is 10.8 Å². The molecule has 0 atom stereocenters. The molecule has 1 aliphatic rings. The molecule has 3 N–H and O–H groups in total. The summed E-state index contributed by atoms with van der Waals surface area (Å²) in [6, 6.07) is 11.2. The van der Waals surface area contributed by atoms with Crippen molar-refractivity contribution in [2.75, 3.05) is 5.01 Å². The van der Waals surface area contributed by atoms with Crippen molar-refractivity contribution >= 4 is 23.4 Å². The lowest BCUT2D eigenvalue weighted by atomic mass is 9.87. The minimum atomic E-state index is -0.671. The fourth-order valence-electron chi connectivity index (χ4n) is 4.00. The number of anilines is 1. The monoisotopic (exact) mass is 458 g/mol. The van der Waals surface area contributed by atoms with Crippen LogP contribution in [0.5, 0.6) is 0 Å². The normalized spacial score (nSPS) is 14.1. The van der Waals surface area contributed by atoms with E-state index in [1.54, 1.807) is 11.1 Å². The van der Waals surface area contributed by atoms with E-state index in [1.165, 1.54) is 6.21 Å². The average molecular weight is 459 g/mol. The van der Waals surface area contributed by atoms with Gasteiger partial charge >= 0.3 is 0 Å². The number of nitrogens with one attached hydrogen (secondary N) is 1. The number of hydrogen-bond donors (Lipinski definition) is 2. The van der Waals surface area contributed by atoms with Crippen molar-refractivity contribution in [1.82, 2.24) is 0 Å². The number of fused-ring (bicyclic) bond motifs is 1. The maximum Gasteiger partial charge on any atom is 0.178 e. The van der Waals surface area contributed by atoms with Crippen LogP contribution in [0.1, 0.15) is 48.9 Å². The van der Waals surface area contributed by atoms with Crippen LogP contribution < -0.4 is 10.9 Å². The Hall–Kier alpha value is -4.24. The molecule has 1 aliphatic heterocycles. The predicted octanol–water partition coefficient (Wildman–Crippen LogP) is 6.24. The summed E-state index contributed by atoms with van der Waals surface area (Å²) in [5.74, 6) is 7.14. The van der Waals surface area contributed by atoms with Gasteiger partial charge < -0.3 is 5.41 Å². The first-order valence-electron chi connectivity index (χ1n) is 10.8. The van der Waals surface area contributed by atoms with Crippen LogP contribution in [0, 0.1) is 5.41 Å². The quantitative estimate of drug-likeness (QED) is 0.148. The number of rotatable bonds is 9. The molecule has 174 valence electrons. The number of azide groups is 2. The molecule has 2 aromatic carbocycles. The van der Waals surface area contributed by atoms with Crippen molar-refractivity contribution in [3.05, 3.63) is 79.5 Å². The summed E-state index contributed by atoms with van der Waals surface area (Å²) >= 11 is 0. The van der Waals surface area contributed by atoms with Crippen LogP contribution in [0.4, 0.5) is 11.4 Å². The van der Waals surface area contributed by atoms with E-state index < -0.39 is 5.54 Å². The number of nitrogens with zero attached hydrogens (tertiary/aromatic N) is 10. The summed E-state index contributed by atoms with van der Waals surface area (Å²) in [5, 5.41) is 25.3. The first-order chi connectivity index (χ1) is 16.5. The highest BCUT2D eigenvalue weighted by Crippen LogP contribution is 2.42. The molecule has 1 heterocycles. The highest BCUT2D eigenvalue weighted by atomic mass is 15.5. The molecule has 0 bridgehead atoms. The Kier molecular flexibility index (Phi) is 7.94. The second-order valence-corrected chi connectivity index (χ2v) is 7.72. The van der Waals surface area contributed by atoms with Gasteiger partial charge in [0.05, 0.1) is 31.0 Å². The number of benzene rings is 2. The van der Waals surface area contributed by atoms with Crippen molar-refractivity contribution in [1.29, 1.82) is 5.41 Å². The Morgan fingerprint density at radius 2 is 1.74 bits per heavy atom. The molecule has 0 unspecified atom stereocenters. The molecule has 34 heavy (non-hydrogen) atoms. The van der Waals surface area contributed by atoms with Gasteiger partial charge in [-0.2, -0.15) is 5.11 Å². The zero-order valence-electron chi connectivity index (χ0n) is 19.1. The molecule has 0 spiro atoms. The Labute approximate surface area is 196 Å². The number of amidine groups is 1. The molecule has 12 heteroatoms. The molecule has 0 aliphatic carbocycles. The maximum atomic E-state index is 8.76. The second-order valence-electron chi connectivity index (χ2n) is 7.72. The van der Waals surface area contributed by atoms with Gasteiger partial charge in [0.2, 0.25) is 0 Å². The minimum absolute atomic E-state index is 0.0903. The predicted molar refractivity (Wildman–Crippen MR) is 132 cm³/mol. The van der Waals surface area contributed by atoms with Gasteiger partial charge in [-0.3, -0.25) is 5.01 Å². The summed E-state index contributed by atoms with van der Waals surface area (Å²) in [6.07, 6.45) is 2.58. The first-order valence-corrected chi connectivity index (χ1v) is 10.8. The molecule has 2 aromatic rings. The van der Waals surface area contributed by atoms with Crippen LogP contribution in [-0.4, -0.2) is 17.6 Å². The molecule has 0 fully saturated rings. The largest absolute Gasteiger partial charge is 0.308 e. The zero-order chi connectivity index (χ0) is 24.6. The van der Waals surface area contributed by atoms with E-state index in [0.717, 1.165) is 11.1 Å². The fourth-order valence-corrected chi connectivity index (χ4v) is 4.00. The molecule has 0 saturated carbocycles. The zero-order valence-corrected chi connectivity index (χ0v) is 19.1. The molecule has 0 amide bonds. The Morgan fingerprint density at radius 1 is 1.06 bits per heavy atom. The van der Waals surface area contributed by atoms with Crippen molar-refractivity contribution in [3.63, 3.8) is 0 Å². The van der Waals surface area contributed by atoms with E-state index >= 15 is 0 Å². The molecular formula is C22H26N12. The van der Waals surface area contributed by atoms with Gasteiger partial charge in [-0.05, 0) is 64.4 Å². The highest BCUT2D eigenvalue weighted by molar-refractivity contribution is 6.01. The van der Waals surface area contributed by atoms with Gasteiger partial charge in [-0.15, -0.1) is 5.11 Å². The summed E-state index contributed by atoms with van der Waals surface area (Å²) in [7, 11) is 0. The summed E-state index contributed by atoms with van der Waals surface area (Å²) in [4.78, 5) is 10.5. The van der Waals surface area contributed by atoms with Crippen molar-refractivity contribution in [2.24, 2.45) is 31.3 Å². The van der Waals surface area contributed by atoms with E-state index in [2.05, 4.69) is 30.3 Å². The third kappa shape index (κ3) is 4.89. The lowest BCUT2D eigenvalue weighted by Crippen LogP contribution is -2.58. The van der Waals surface area contributed by atoms with Gasteiger partial charge in [0.25, 0.3) is 0 Å². The summed E-state index contributed by atoms with van der Waals surface area (Å²) in [5.41, 5.74) is 21.2. The van der Waals surface area contributed by atoms with Crippen LogP contribution in [0.2, 0.25) is 0 Å². The standard InChI is InChI=1S/C22H26N12/c1-3-22(4-2)21(31-27-12-16-7-5-6-15(8-16)11-23)30-19-9-17(13-28-32-24)18(14-29-33-25)10-20(19)34(22)26/h5-11,23H,3-4,12-14,26H2,1-2H3. The average Bonchev–Trinajstić information content (AvgIpc) is 2.87. The number of nitrogens with two attached hydrogens (primary N) is 1. The third-order valence-corrected chi connectivity index (χ3v) is 5.97. The first kappa shape index (κ1) is 24.4. The molecule has 12 nitrogen and oxygen atoms in total. The van der Waals surface area contributed by atoms with Gasteiger partial charge in [0.1, 0.15) is 5.54 Å². The highest BCUT2D eigenvalue weighted by Gasteiger charge is 2.42. The molecule has 3 rings (SSSR count). The third-order valence-electron chi connectivity index (χ3n) is 5.97. The lowest BCUT2D eigenvalue weighted by molar-refractivity contribution is 0.468. The van der Waals surface area contributed by atoms with Gasteiger partial charge in [-0.1, -0.05) is 42.3 Å². The molecule has 0 aromatic heterocycles. The Morgan fingerprint density at radius 3 is 2.35 bits per heavy atom. The summed E-state index contributed by atoms with van der Waals surface area (Å²) < 4.78 is 0. The topological polar surface area (TPSA) is 188 Å². The van der Waals surface area contributed by atoms with E-state index in [-0.39, 0.29) is 13.1 Å². The maximum absolute atomic E-state index is 8.76. The fraction of sp³-hybridized carbons (Fsp3) is 0.364. The molecular weight excluding hydrogens is 432 g/mol. The van der Waals surface area contributed by atoms with Gasteiger partial charge in [0, 0.05) is 16.0 Å². The SMILES string of the molecule is CCC1(CC)C(N=NCc2cccc(C=N)c2)=Nc2cc(CN=[N+]=[N-])c(CN=[N+]=[N-])cc2N1N. The summed E-state index contributed by atoms with van der Waals surface area (Å²) in [6.45, 7) is 4.57. The number of hydrazine groups is 1. The second kappa shape index (κ2) is 11.1. The van der Waals surface area contributed by atoms with Gasteiger partial charge in [0.15, 0.2) is 5.84 Å². The number of aliphatic imine (C=N–C) groups is 1.